The SMILES string of the molecule is CCCC[C@H](N)c1cnc(N)c(C=O)c1. The van der Waals surface area contributed by atoms with E-state index in [0.29, 0.717) is 11.8 Å². The van der Waals surface area contributed by atoms with Gasteiger partial charge in [0, 0.05) is 12.2 Å². The highest BCUT2D eigenvalue weighted by Gasteiger charge is 2.08. The fourth-order valence-corrected chi connectivity index (χ4v) is 1.40. The molecule has 1 heterocycles. The highest BCUT2D eigenvalue weighted by atomic mass is 16.1. The van der Waals surface area contributed by atoms with Crippen molar-refractivity contribution < 1.29 is 4.79 Å². The Balaban J connectivity index is 2.80. The molecule has 15 heavy (non-hydrogen) atoms. The summed E-state index contributed by atoms with van der Waals surface area (Å²) in [5.41, 5.74) is 12.8. The first-order chi connectivity index (χ1) is 7.19. The topological polar surface area (TPSA) is 82.0 Å². The summed E-state index contributed by atoms with van der Waals surface area (Å²) < 4.78 is 0. The van der Waals surface area contributed by atoms with Crippen LogP contribution < -0.4 is 11.5 Å². The summed E-state index contributed by atoms with van der Waals surface area (Å²) in [6.07, 6.45) is 5.43. The van der Waals surface area contributed by atoms with Gasteiger partial charge in [-0.15, -0.1) is 0 Å². The van der Waals surface area contributed by atoms with Crippen molar-refractivity contribution in [2.75, 3.05) is 5.73 Å². The van der Waals surface area contributed by atoms with Crippen LogP contribution in [0.1, 0.15) is 48.1 Å². The molecule has 0 aliphatic heterocycles. The van der Waals surface area contributed by atoms with E-state index in [1.54, 1.807) is 12.3 Å². The Morgan fingerprint density at radius 1 is 1.60 bits per heavy atom. The first-order valence-corrected chi connectivity index (χ1v) is 5.15. The highest BCUT2D eigenvalue weighted by Crippen LogP contribution is 2.18. The van der Waals surface area contributed by atoms with E-state index in [9.17, 15) is 4.79 Å². The molecule has 0 saturated heterocycles. The first kappa shape index (κ1) is 11.7. The second-order valence-corrected chi connectivity index (χ2v) is 3.61. The Kier molecular flexibility index (Phi) is 4.24. The monoisotopic (exact) mass is 207 g/mol. The summed E-state index contributed by atoms with van der Waals surface area (Å²) in [5.74, 6) is 0.261. The maximum absolute atomic E-state index is 10.7. The zero-order chi connectivity index (χ0) is 11.3. The number of aldehydes is 1. The van der Waals surface area contributed by atoms with Crippen LogP contribution in [0.3, 0.4) is 0 Å². The summed E-state index contributed by atoms with van der Waals surface area (Å²) in [6, 6.07) is 1.66. The Hall–Kier alpha value is -1.42. The predicted octanol–water partition coefficient (Wildman–Crippen LogP) is 1.67. The van der Waals surface area contributed by atoms with E-state index in [1.807, 2.05) is 0 Å². The average molecular weight is 207 g/mol. The fourth-order valence-electron chi connectivity index (χ4n) is 1.40. The van der Waals surface area contributed by atoms with Gasteiger partial charge in [-0.05, 0) is 18.1 Å². The van der Waals surface area contributed by atoms with Gasteiger partial charge in [-0.25, -0.2) is 4.98 Å². The molecule has 0 aliphatic carbocycles. The van der Waals surface area contributed by atoms with Gasteiger partial charge in [0.05, 0.1) is 5.56 Å². The third-order valence-corrected chi connectivity index (χ3v) is 2.39. The third kappa shape index (κ3) is 3.02. The first-order valence-electron chi connectivity index (χ1n) is 5.15. The summed E-state index contributed by atoms with van der Waals surface area (Å²) in [4.78, 5) is 14.6. The zero-order valence-electron chi connectivity index (χ0n) is 8.94. The molecule has 0 aromatic carbocycles. The number of anilines is 1. The molecule has 82 valence electrons. The Morgan fingerprint density at radius 2 is 2.33 bits per heavy atom. The number of nitrogen functional groups attached to an aromatic ring is 1. The van der Waals surface area contributed by atoms with E-state index < -0.39 is 0 Å². The lowest BCUT2D eigenvalue weighted by Crippen LogP contribution is -2.11. The van der Waals surface area contributed by atoms with Crippen molar-refractivity contribution in [1.29, 1.82) is 0 Å². The predicted molar refractivity (Wildman–Crippen MR) is 60.5 cm³/mol. The largest absolute Gasteiger partial charge is 0.383 e. The van der Waals surface area contributed by atoms with Crippen LogP contribution >= 0.6 is 0 Å². The standard InChI is InChI=1S/C11H17N3O/c1-2-3-4-10(12)8-5-9(7-15)11(13)14-6-8/h5-7,10H,2-4,12H2,1H3,(H2,13,14)/t10-/m0/s1. The van der Waals surface area contributed by atoms with Crippen LogP contribution in [0.25, 0.3) is 0 Å². The number of pyridine rings is 1. The molecular weight excluding hydrogens is 190 g/mol. The molecule has 1 aromatic rings. The van der Waals surface area contributed by atoms with Crippen molar-refractivity contribution >= 4 is 12.1 Å². The van der Waals surface area contributed by atoms with Crippen molar-refractivity contribution in [3.05, 3.63) is 23.4 Å². The normalized spacial score (nSPS) is 12.4. The molecule has 1 aromatic heterocycles. The molecular formula is C11H17N3O. The van der Waals surface area contributed by atoms with Gasteiger partial charge in [-0.2, -0.15) is 0 Å². The number of aromatic nitrogens is 1. The van der Waals surface area contributed by atoms with Crippen molar-refractivity contribution in [2.45, 2.75) is 32.2 Å². The van der Waals surface area contributed by atoms with Crippen molar-refractivity contribution in [2.24, 2.45) is 5.73 Å². The second kappa shape index (κ2) is 5.46. The van der Waals surface area contributed by atoms with E-state index in [-0.39, 0.29) is 11.9 Å². The number of carbonyl (C=O) groups excluding carboxylic acids is 1. The number of rotatable bonds is 5. The molecule has 4 nitrogen and oxygen atoms in total. The minimum Gasteiger partial charge on any atom is -0.383 e. The van der Waals surface area contributed by atoms with Crippen molar-refractivity contribution in [3.8, 4) is 0 Å². The number of carbonyl (C=O) groups is 1. The highest BCUT2D eigenvalue weighted by molar-refractivity contribution is 5.81. The van der Waals surface area contributed by atoms with E-state index in [1.165, 1.54) is 0 Å². The van der Waals surface area contributed by atoms with Crippen molar-refractivity contribution in [3.63, 3.8) is 0 Å². The van der Waals surface area contributed by atoms with Gasteiger partial charge in [0.25, 0.3) is 0 Å². The van der Waals surface area contributed by atoms with Gasteiger partial charge < -0.3 is 11.5 Å². The summed E-state index contributed by atoms with van der Waals surface area (Å²) in [7, 11) is 0. The second-order valence-electron chi connectivity index (χ2n) is 3.61. The number of unbranched alkanes of at least 4 members (excludes halogenated alkanes) is 1. The van der Waals surface area contributed by atoms with Crippen molar-refractivity contribution in [1.82, 2.24) is 4.98 Å². The van der Waals surface area contributed by atoms with E-state index in [4.69, 9.17) is 11.5 Å². The smallest absolute Gasteiger partial charge is 0.153 e. The maximum Gasteiger partial charge on any atom is 0.153 e. The maximum atomic E-state index is 10.7. The quantitative estimate of drug-likeness (QED) is 0.719. The molecule has 0 unspecified atom stereocenters. The van der Waals surface area contributed by atoms with Gasteiger partial charge in [-0.3, -0.25) is 4.79 Å². The van der Waals surface area contributed by atoms with Crippen LogP contribution in [0.5, 0.6) is 0 Å². The lowest BCUT2D eigenvalue weighted by Gasteiger charge is -2.11. The molecule has 0 saturated carbocycles. The Morgan fingerprint density at radius 3 is 2.93 bits per heavy atom. The summed E-state index contributed by atoms with van der Waals surface area (Å²) in [5, 5.41) is 0. The number of nitrogens with two attached hydrogens (primary N) is 2. The van der Waals surface area contributed by atoms with Crippen LogP contribution in [0, 0.1) is 0 Å². The van der Waals surface area contributed by atoms with E-state index in [2.05, 4.69) is 11.9 Å². The molecule has 0 bridgehead atoms. The van der Waals surface area contributed by atoms with Gasteiger partial charge in [0.2, 0.25) is 0 Å². The van der Waals surface area contributed by atoms with Gasteiger partial charge in [0.15, 0.2) is 6.29 Å². The minimum atomic E-state index is -0.0586. The Bertz CT molecular complexity index is 339. The molecule has 0 amide bonds. The molecule has 4 heteroatoms. The van der Waals surface area contributed by atoms with E-state index in [0.717, 1.165) is 24.8 Å². The molecule has 0 spiro atoms. The molecule has 0 fully saturated rings. The van der Waals surface area contributed by atoms with Crippen LogP contribution in [0.4, 0.5) is 5.82 Å². The molecule has 0 radical (unpaired) electrons. The zero-order valence-corrected chi connectivity index (χ0v) is 8.94. The average Bonchev–Trinajstić information content (AvgIpc) is 2.26. The fraction of sp³-hybridized carbons (Fsp3) is 0.455. The number of hydrogen-bond donors (Lipinski definition) is 2. The number of nitrogens with zero attached hydrogens (tertiary/aromatic N) is 1. The summed E-state index contributed by atoms with van der Waals surface area (Å²) in [6.45, 7) is 2.12. The van der Waals surface area contributed by atoms with Crippen LogP contribution in [0.2, 0.25) is 0 Å². The minimum absolute atomic E-state index is 0.0586. The Labute approximate surface area is 89.7 Å². The number of hydrogen-bond acceptors (Lipinski definition) is 4. The molecule has 4 N–H and O–H groups in total. The van der Waals surface area contributed by atoms with Gasteiger partial charge in [-0.1, -0.05) is 19.8 Å². The molecule has 1 atom stereocenters. The molecule has 0 aliphatic rings. The van der Waals surface area contributed by atoms with Crippen LogP contribution in [-0.4, -0.2) is 11.3 Å². The lowest BCUT2D eigenvalue weighted by atomic mass is 10.0. The van der Waals surface area contributed by atoms with Gasteiger partial charge >= 0.3 is 0 Å². The van der Waals surface area contributed by atoms with Crippen LogP contribution in [-0.2, 0) is 0 Å². The third-order valence-electron chi connectivity index (χ3n) is 2.39. The van der Waals surface area contributed by atoms with Crippen LogP contribution in [0.15, 0.2) is 12.3 Å². The molecule has 1 rings (SSSR count). The van der Waals surface area contributed by atoms with Gasteiger partial charge in [0.1, 0.15) is 5.82 Å². The van der Waals surface area contributed by atoms with E-state index >= 15 is 0 Å². The lowest BCUT2D eigenvalue weighted by molar-refractivity contribution is 0.112. The summed E-state index contributed by atoms with van der Waals surface area (Å²) >= 11 is 0.